The highest BCUT2D eigenvalue weighted by atomic mass is 32.2. The van der Waals surface area contributed by atoms with Crippen LogP contribution in [0, 0.1) is 18.2 Å². The van der Waals surface area contributed by atoms with Crippen LogP contribution in [0.1, 0.15) is 37.9 Å². The van der Waals surface area contributed by atoms with E-state index in [0.717, 1.165) is 5.56 Å². The highest BCUT2D eigenvalue weighted by molar-refractivity contribution is 7.89. The van der Waals surface area contributed by atoms with E-state index in [9.17, 15) is 17.6 Å². The second kappa shape index (κ2) is 7.39. The van der Waals surface area contributed by atoms with Gasteiger partial charge in [0.15, 0.2) is 5.78 Å². The van der Waals surface area contributed by atoms with Crippen LogP contribution in [0.25, 0.3) is 0 Å². The van der Waals surface area contributed by atoms with Crippen molar-refractivity contribution in [2.24, 2.45) is 5.41 Å². The van der Waals surface area contributed by atoms with Gasteiger partial charge in [-0.15, -0.1) is 0 Å². The van der Waals surface area contributed by atoms with Gasteiger partial charge in [-0.25, -0.2) is 17.5 Å². The van der Waals surface area contributed by atoms with Gasteiger partial charge >= 0.3 is 0 Å². The summed E-state index contributed by atoms with van der Waals surface area (Å²) in [5.74, 6) is -0.641. The number of aryl methyl sites for hydroxylation is 1. The zero-order chi connectivity index (χ0) is 20.7. The molecule has 1 heterocycles. The third-order valence-electron chi connectivity index (χ3n) is 5.41. The summed E-state index contributed by atoms with van der Waals surface area (Å²) < 4.78 is 47.8. The van der Waals surface area contributed by atoms with E-state index in [1.54, 1.807) is 32.9 Å². The first kappa shape index (κ1) is 20.6. The zero-order valence-corrected chi connectivity index (χ0v) is 17.1. The molecule has 0 aromatic heterocycles. The Morgan fingerprint density at radius 2 is 1.64 bits per heavy atom. The van der Waals surface area contributed by atoms with E-state index in [-0.39, 0.29) is 16.8 Å². The Morgan fingerprint density at radius 1 is 1.07 bits per heavy atom. The zero-order valence-electron chi connectivity index (χ0n) is 16.3. The highest BCUT2D eigenvalue weighted by Crippen LogP contribution is 2.39. The van der Waals surface area contributed by atoms with Crippen molar-refractivity contribution in [3.63, 3.8) is 0 Å². The number of ketones is 1. The van der Waals surface area contributed by atoms with Crippen LogP contribution in [0.15, 0.2) is 53.4 Å². The van der Waals surface area contributed by atoms with Crippen LogP contribution in [0.2, 0.25) is 0 Å². The van der Waals surface area contributed by atoms with Crippen molar-refractivity contribution in [2.75, 3.05) is 0 Å². The van der Waals surface area contributed by atoms with Crippen LogP contribution in [-0.4, -0.2) is 26.4 Å². The summed E-state index contributed by atoms with van der Waals surface area (Å²) in [5, 5.41) is 0. The molecule has 1 N–H and O–H groups in total. The van der Waals surface area contributed by atoms with Crippen molar-refractivity contribution in [3.8, 4) is 0 Å². The molecule has 1 saturated heterocycles. The van der Waals surface area contributed by atoms with Crippen LogP contribution in [0.3, 0.4) is 0 Å². The van der Waals surface area contributed by atoms with Crippen LogP contribution < -0.4 is 4.72 Å². The lowest BCUT2D eigenvalue weighted by molar-refractivity contribution is -0.127. The number of hydrogen-bond acceptors (Lipinski definition) is 4. The highest BCUT2D eigenvalue weighted by Gasteiger charge is 2.51. The molecule has 0 spiro atoms. The third-order valence-corrected chi connectivity index (χ3v) is 6.86. The number of sulfonamides is 1. The van der Waals surface area contributed by atoms with Crippen molar-refractivity contribution in [1.29, 1.82) is 0 Å². The summed E-state index contributed by atoms with van der Waals surface area (Å²) in [7, 11) is -3.93. The molecule has 2 aromatic carbocycles. The number of ether oxygens (including phenoxy) is 1. The minimum atomic E-state index is -3.93. The predicted molar refractivity (Wildman–Crippen MR) is 104 cm³/mol. The van der Waals surface area contributed by atoms with Gasteiger partial charge in [0.1, 0.15) is 11.9 Å². The molecule has 28 heavy (non-hydrogen) atoms. The summed E-state index contributed by atoms with van der Waals surface area (Å²) in [6.07, 6.45) is -1.38. The fraction of sp³-hybridized carbons (Fsp3) is 0.381. The molecule has 0 aliphatic carbocycles. The number of carbonyl (C=O) groups is 1. The Labute approximate surface area is 165 Å². The maximum Gasteiger partial charge on any atom is 0.241 e. The number of rotatable bonds is 5. The minimum Gasteiger partial charge on any atom is -0.364 e. The smallest absolute Gasteiger partial charge is 0.241 e. The number of Topliss-reactive ketones (excluding diaryl/α,β-unsaturated/α-hetero) is 1. The number of benzene rings is 2. The number of nitrogens with one attached hydrogen (secondary N) is 1. The van der Waals surface area contributed by atoms with E-state index in [1.165, 1.54) is 36.4 Å². The Bertz CT molecular complexity index is 968. The van der Waals surface area contributed by atoms with Gasteiger partial charge in [0.25, 0.3) is 0 Å². The summed E-state index contributed by atoms with van der Waals surface area (Å²) in [6.45, 7) is 7.19. The molecule has 0 radical (unpaired) electrons. The monoisotopic (exact) mass is 405 g/mol. The van der Waals surface area contributed by atoms with Crippen LogP contribution in [0.4, 0.5) is 4.39 Å². The molecule has 0 amide bonds. The largest absolute Gasteiger partial charge is 0.364 e. The molecule has 5 nitrogen and oxygen atoms in total. The lowest BCUT2D eigenvalue weighted by atomic mass is 9.82. The van der Waals surface area contributed by atoms with Crippen molar-refractivity contribution in [1.82, 2.24) is 4.72 Å². The van der Waals surface area contributed by atoms with Gasteiger partial charge < -0.3 is 4.74 Å². The Balaban J connectivity index is 2.01. The Morgan fingerprint density at radius 3 is 2.14 bits per heavy atom. The van der Waals surface area contributed by atoms with Crippen LogP contribution in [0.5, 0.6) is 0 Å². The fourth-order valence-corrected chi connectivity index (χ4v) is 4.40. The van der Waals surface area contributed by atoms with Gasteiger partial charge in [-0.3, -0.25) is 4.79 Å². The molecule has 0 saturated carbocycles. The van der Waals surface area contributed by atoms with E-state index in [4.69, 9.17) is 4.74 Å². The molecule has 3 atom stereocenters. The van der Waals surface area contributed by atoms with E-state index < -0.39 is 33.4 Å². The molecule has 1 unspecified atom stereocenters. The van der Waals surface area contributed by atoms with Crippen molar-refractivity contribution < 1.29 is 22.3 Å². The summed E-state index contributed by atoms with van der Waals surface area (Å²) >= 11 is 0. The first-order valence-electron chi connectivity index (χ1n) is 9.06. The second-order valence-corrected chi connectivity index (χ2v) is 9.46. The molecule has 1 aliphatic rings. The molecular weight excluding hydrogens is 381 g/mol. The van der Waals surface area contributed by atoms with Gasteiger partial charge in [0.2, 0.25) is 10.0 Å². The summed E-state index contributed by atoms with van der Waals surface area (Å²) in [4.78, 5) is 13.0. The Kier molecular flexibility index (Phi) is 5.44. The van der Waals surface area contributed by atoms with E-state index in [0.29, 0.717) is 5.56 Å². The maximum atomic E-state index is 13.4. The number of hydrogen-bond donors (Lipinski definition) is 1. The average molecular weight is 405 g/mol. The maximum absolute atomic E-state index is 13.4. The predicted octanol–water partition coefficient (Wildman–Crippen LogP) is 3.54. The molecule has 1 aliphatic heterocycles. The van der Waals surface area contributed by atoms with Crippen molar-refractivity contribution in [3.05, 3.63) is 65.5 Å². The lowest BCUT2D eigenvalue weighted by Crippen LogP contribution is -2.41. The van der Waals surface area contributed by atoms with Gasteiger partial charge in [0, 0.05) is 0 Å². The first-order chi connectivity index (χ1) is 13.0. The number of halogens is 1. The average Bonchev–Trinajstić information content (AvgIpc) is 2.84. The molecule has 150 valence electrons. The lowest BCUT2D eigenvalue weighted by Gasteiger charge is -2.24. The van der Waals surface area contributed by atoms with E-state index in [1.807, 2.05) is 6.92 Å². The molecule has 7 heteroatoms. The van der Waals surface area contributed by atoms with E-state index >= 15 is 0 Å². The van der Waals surface area contributed by atoms with Crippen LogP contribution in [-0.2, 0) is 19.6 Å². The second-order valence-electron chi connectivity index (χ2n) is 7.75. The molecule has 0 bridgehead atoms. The van der Waals surface area contributed by atoms with Crippen LogP contribution >= 0.6 is 0 Å². The normalized spacial score (nSPS) is 23.0. The summed E-state index contributed by atoms with van der Waals surface area (Å²) in [6, 6.07) is 10.8. The Hall–Kier alpha value is -2.09. The molecular formula is C21H24FNO4S. The van der Waals surface area contributed by atoms with Gasteiger partial charge in [0.05, 0.1) is 22.5 Å². The van der Waals surface area contributed by atoms with Gasteiger partial charge in [-0.1, -0.05) is 43.7 Å². The van der Waals surface area contributed by atoms with Gasteiger partial charge in [-0.05, 0) is 43.7 Å². The topological polar surface area (TPSA) is 72.5 Å². The molecule has 3 rings (SSSR count). The summed E-state index contributed by atoms with van der Waals surface area (Å²) in [5.41, 5.74) is 0.636. The standard InChI is InChI=1S/C21H24FNO4S/c1-13-5-11-17(12-6-13)28(25,26)23-18(15-7-9-16(22)10-8-15)19-20(24)21(3,4)14(2)27-19/h5-12,14,18-19,23H,1-4H3/t14-,18?,19-/m0/s1. The SMILES string of the molecule is Cc1ccc(S(=O)(=O)NC(c2ccc(F)cc2)[C@@H]2O[C@@H](C)C(C)(C)C2=O)cc1. The number of carbonyl (C=O) groups excluding carboxylic acids is 1. The first-order valence-corrected chi connectivity index (χ1v) is 10.5. The third kappa shape index (κ3) is 3.87. The molecule has 1 fully saturated rings. The fourth-order valence-electron chi connectivity index (χ4n) is 3.18. The van der Waals surface area contributed by atoms with Crippen molar-refractivity contribution in [2.45, 2.75) is 50.8 Å². The van der Waals surface area contributed by atoms with Crippen molar-refractivity contribution >= 4 is 15.8 Å². The molecule has 2 aromatic rings. The van der Waals surface area contributed by atoms with Gasteiger partial charge in [-0.2, -0.15) is 0 Å². The minimum absolute atomic E-state index is 0.0861. The van der Waals surface area contributed by atoms with E-state index in [2.05, 4.69) is 4.72 Å². The quantitative estimate of drug-likeness (QED) is 0.826.